The number of halogens is 1. The normalized spacial score (nSPS) is 12.9. The first-order chi connectivity index (χ1) is 9.90. The summed E-state index contributed by atoms with van der Waals surface area (Å²) in [5.74, 6) is 0. The van der Waals surface area contributed by atoms with Crippen molar-refractivity contribution < 1.29 is 5.11 Å². The van der Waals surface area contributed by atoms with E-state index < -0.39 is 6.10 Å². The molecule has 2 aromatic rings. The molecule has 114 valence electrons. The van der Waals surface area contributed by atoms with E-state index in [0.29, 0.717) is 23.0 Å². The third kappa shape index (κ3) is 3.61. The Bertz CT molecular complexity index is 624. The average Bonchev–Trinajstić information content (AvgIpc) is 2.77. The molecule has 1 N–H and O–H groups in total. The second-order valence-electron chi connectivity index (χ2n) is 5.52. The number of hydrogen-bond donors (Lipinski definition) is 1. The molecular formula is C15H21ClN4O. The molecule has 0 fully saturated rings. The van der Waals surface area contributed by atoms with Gasteiger partial charge in [0.1, 0.15) is 6.10 Å². The Kier molecular flexibility index (Phi) is 4.98. The standard InChI is InChI=1S/C15H21ClN4O/c1-10-7-11(2)13(17-8-10)15(21)14-12(16)9-18-20(14)6-5-19(3)4/h7-9,15,21H,5-6H2,1-4H3. The first kappa shape index (κ1) is 15.9. The van der Waals surface area contributed by atoms with Gasteiger partial charge in [0.15, 0.2) is 0 Å². The molecule has 2 aromatic heterocycles. The topological polar surface area (TPSA) is 54.2 Å². The number of pyridine rings is 1. The van der Waals surface area contributed by atoms with E-state index in [0.717, 1.165) is 17.7 Å². The molecule has 0 saturated carbocycles. The number of nitrogens with zero attached hydrogens (tertiary/aromatic N) is 4. The molecule has 5 nitrogen and oxygen atoms in total. The zero-order valence-electron chi connectivity index (χ0n) is 12.8. The molecule has 1 atom stereocenters. The summed E-state index contributed by atoms with van der Waals surface area (Å²) in [5.41, 5.74) is 3.22. The summed E-state index contributed by atoms with van der Waals surface area (Å²) in [5, 5.41) is 15.4. The molecule has 0 aliphatic carbocycles. The van der Waals surface area contributed by atoms with Crippen LogP contribution in [0.25, 0.3) is 0 Å². The van der Waals surface area contributed by atoms with E-state index in [-0.39, 0.29) is 0 Å². The Hall–Kier alpha value is -1.43. The molecule has 1 unspecified atom stereocenters. The van der Waals surface area contributed by atoms with E-state index in [1.807, 2.05) is 34.0 Å². The van der Waals surface area contributed by atoms with E-state index in [9.17, 15) is 5.11 Å². The van der Waals surface area contributed by atoms with E-state index in [1.165, 1.54) is 0 Å². The highest BCUT2D eigenvalue weighted by Crippen LogP contribution is 2.29. The van der Waals surface area contributed by atoms with Crippen LogP contribution in [0.1, 0.15) is 28.6 Å². The van der Waals surface area contributed by atoms with E-state index in [2.05, 4.69) is 15.0 Å². The number of aryl methyl sites for hydroxylation is 2. The SMILES string of the molecule is Cc1cnc(C(O)c2c(Cl)cnn2CCN(C)C)c(C)c1. The third-order valence-corrected chi connectivity index (χ3v) is 3.66. The van der Waals surface area contributed by atoms with Gasteiger partial charge in [-0.1, -0.05) is 17.7 Å². The van der Waals surface area contributed by atoms with Gasteiger partial charge in [0.25, 0.3) is 0 Å². The molecule has 0 saturated heterocycles. The van der Waals surface area contributed by atoms with Gasteiger partial charge >= 0.3 is 0 Å². The number of aromatic nitrogens is 3. The van der Waals surface area contributed by atoms with Crippen LogP contribution in [0.15, 0.2) is 18.5 Å². The molecule has 2 rings (SSSR count). The molecule has 0 amide bonds. The first-order valence-corrected chi connectivity index (χ1v) is 7.25. The number of aliphatic hydroxyl groups is 1. The van der Waals surface area contributed by atoms with Gasteiger partial charge in [0, 0.05) is 12.7 Å². The predicted molar refractivity (Wildman–Crippen MR) is 83.6 cm³/mol. The molecule has 0 bridgehead atoms. The van der Waals surface area contributed by atoms with Gasteiger partial charge in [-0.2, -0.15) is 5.10 Å². The van der Waals surface area contributed by atoms with Gasteiger partial charge in [0.2, 0.25) is 0 Å². The molecular weight excluding hydrogens is 288 g/mol. The Morgan fingerprint density at radius 2 is 2.05 bits per heavy atom. The monoisotopic (exact) mass is 308 g/mol. The predicted octanol–water partition coefficient (Wildman–Crippen LogP) is 2.19. The lowest BCUT2D eigenvalue weighted by Gasteiger charge is -2.17. The van der Waals surface area contributed by atoms with Crippen molar-refractivity contribution in [3.8, 4) is 0 Å². The fourth-order valence-corrected chi connectivity index (χ4v) is 2.50. The summed E-state index contributed by atoms with van der Waals surface area (Å²) in [7, 11) is 3.99. The summed E-state index contributed by atoms with van der Waals surface area (Å²) < 4.78 is 1.74. The first-order valence-electron chi connectivity index (χ1n) is 6.87. The van der Waals surface area contributed by atoms with Crippen molar-refractivity contribution in [1.29, 1.82) is 0 Å². The maximum Gasteiger partial charge on any atom is 0.139 e. The van der Waals surface area contributed by atoms with Gasteiger partial charge in [-0.15, -0.1) is 0 Å². The molecule has 0 aliphatic heterocycles. The van der Waals surface area contributed by atoms with Gasteiger partial charge in [0.05, 0.1) is 29.2 Å². The lowest BCUT2D eigenvalue weighted by atomic mass is 10.1. The summed E-state index contributed by atoms with van der Waals surface area (Å²) >= 11 is 6.20. The third-order valence-electron chi connectivity index (χ3n) is 3.37. The van der Waals surface area contributed by atoms with Gasteiger partial charge < -0.3 is 10.0 Å². The quantitative estimate of drug-likeness (QED) is 0.920. The van der Waals surface area contributed by atoms with Crippen LogP contribution in [-0.4, -0.2) is 45.4 Å². The van der Waals surface area contributed by atoms with E-state index in [1.54, 1.807) is 17.1 Å². The Morgan fingerprint density at radius 3 is 2.67 bits per heavy atom. The molecule has 6 heteroatoms. The lowest BCUT2D eigenvalue weighted by Crippen LogP contribution is -2.21. The fourth-order valence-electron chi connectivity index (χ4n) is 2.26. The van der Waals surface area contributed by atoms with Gasteiger partial charge in [-0.3, -0.25) is 9.67 Å². The van der Waals surface area contributed by atoms with Crippen molar-refractivity contribution in [3.63, 3.8) is 0 Å². The van der Waals surface area contributed by atoms with Crippen LogP contribution in [0, 0.1) is 13.8 Å². The van der Waals surface area contributed by atoms with E-state index >= 15 is 0 Å². The van der Waals surface area contributed by atoms with Crippen molar-refractivity contribution in [2.75, 3.05) is 20.6 Å². The van der Waals surface area contributed by atoms with Crippen molar-refractivity contribution in [3.05, 3.63) is 46.0 Å². The summed E-state index contributed by atoms with van der Waals surface area (Å²) in [4.78, 5) is 6.41. The molecule has 0 radical (unpaired) electrons. The lowest BCUT2D eigenvalue weighted by molar-refractivity contribution is 0.200. The van der Waals surface area contributed by atoms with Crippen LogP contribution in [0.5, 0.6) is 0 Å². The largest absolute Gasteiger partial charge is 0.380 e. The van der Waals surface area contributed by atoms with Crippen molar-refractivity contribution >= 4 is 11.6 Å². The highest BCUT2D eigenvalue weighted by atomic mass is 35.5. The second-order valence-corrected chi connectivity index (χ2v) is 5.93. The summed E-state index contributed by atoms with van der Waals surface area (Å²) in [6.45, 7) is 5.40. The number of rotatable bonds is 5. The number of aliphatic hydroxyl groups excluding tert-OH is 1. The van der Waals surface area contributed by atoms with Crippen molar-refractivity contribution in [2.24, 2.45) is 0 Å². The molecule has 0 aliphatic rings. The zero-order chi connectivity index (χ0) is 15.6. The van der Waals surface area contributed by atoms with Crippen LogP contribution in [-0.2, 0) is 6.54 Å². The Labute approximate surface area is 130 Å². The van der Waals surface area contributed by atoms with Crippen LogP contribution in [0.2, 0.25) is 5.02 Å². The molecule has 21 heavy (non-hydrogen) atoms. The van der Waals surface area contributed by atoms with Crippen molar-refractivity contribution in [2.45, 2.75) is 26.5 Å². The average molecular weight is 309 g/mol. The zero-order valence-corrected chi connectivity index (χ0v) is 13.6. The molecule has 0 aromatic carbocycles. The highest BCUT2D eigenvalue weighted by molar-refractivity contribution is 6.31. The second kappa shape index (κ2) is 6.56. The molecule has 2 heterocycles. The van der Waals surface area contributed by atoms with Crippen molar-refractivity contribution in [1.82, 2.24) is 19.7 Å². The van der Waals surface area contributed by atoms with Crippen LogP contribution < -0.4 is 0 Å². The minimum Gasteiger partial charge on any atom is -0.380 e. The summed E-state index contributed by atoms with van der Waals surface area (Å²) in [6.07, 6.45) is 2.45. The van der Waals surface area contributed by atoms with Crippen LogP contribution in [0.3, 0.4) is 0 Å². The Balaban J connectivity index is 2.34. The van der Waals surface area contributed by atoms with Gasteiger partial charge in [-0.25, -0.2) is 0 Å². The molecule has 0 spiro atoms. The highest BCUT2D eigenvalue weighted by Gasteiger charge is 2.22. The van der Waals surface area contributed by atoms with Gasteiger partial charge in [-0.05, 0) is 39.1 Å². The maximum atomic E-state index is 10.7. The fraction of sp³-hybridized carbons (Fsp3) is 0.467. The van der Waals surface area contributed by atoms with Crippen LogP contribution >= 0.6 is 11.6 Å². The number of likely N-dealkylation sites (N-methyl/N-ethyl adjacent to an activating group) is 1. The maximum absolute atomic E-state index is 10.7. The minimum absolute atomic E-state index is 0.461. The van der Waals surface area contributed by atoms with E-state index in [4.69, 9.17) is 11.6 Å². The Morgan fingerprint density at radius 1 is 1.33 bits per heavy atom. The van der Waals surface area contributed by atoms with Crippen LogP contribution in [0.4, 0.5) is 0 Å². The summed E-state index contributed by atoms with van der Waals surface area (Å²) in [6, 6.07) is 2.00. The number of hydrogen-bond acceptors (Lipinski definition) is 4. The smallest absolute Gasteiger partial charge is 0.139 e. The minimum atomic E-state index is -0.872.